The summed E-state index contributed by atoms with van der Waals surface area (Å²) in [5.74, 6) is 0. The van der Waals surface area contributed by atoms with E-state index in [0.29, 0.717) is 0 Å². The number of nitrogens with zero attached hydrogens (tertiary/aromatic N) is 2. The van der Waals surface area contributed by atoms with Gasteiger partial charge in [-0.1, -0.05) is 12.1 Å². The predicted octanol–water partition coefficient (Wildman–Crippen LogP) is 0.518. The van der Waals surface area contributed by atoms with Crippen LogP contribution in [0.15, 0.2) is 24.3 Å². The molecule has 0 spiro atoms. The molecule has 1 aromatic carbocycles. The van der Waals surface area contributed by atoms with E-state index in [1.54, 1.807) is 0 Å². The van der Waals surface area contributed by atoms with Crippen LogP contribution in [0.4, 0.5) is 5.69 Å². The molecule has 0 aliphatic rings. The molecular formula is C8H4N2O4S. The normalized spacial score (nSPS) is 9.00. The molecule has 76 valence electrons. The molecule has 0 N–H and O–H groups in total. The summed E-state index contributed by atoms with van der Waals surface area (Å²) in [6, 6.07) is 6.58. The minimum absolute atomic E-state index is 0.196. The van der Waals surface area contributed by atoms with E-state index in [1.165, 1.54) is 24.3 Å². The van der Waals surface area contributed by atoms with Crippen molar-refractivity contribution in [3.8, 4) is 6.07 Å². The van der Waals surface area contributed by atoms with Crippen molar-refractivity contribution in [1.29, 1.82) is 5.26 Å². The second-order valence-corrected chi connectivity index (χ2v) is 3.33. The predicted molar refractivity (Wildman–Crippen MR) is 51.7 cm³/mol. The summed E-state index contributed by atoms with van der Waals surface area (Å²) < 4.78 is 21.2. The van der Waals surface area contributed by atoms with Gasteiger partial charge in [0.05, 0.1) is 10.5 Å². The van der Waals surface area contributed by atoms with Gasteiger partial charge in [-0.05, 0) is 6.07 Å². The Hall–Kier alpha value is -2.20. The second kappa shape index (κ2) is 4.34. The molecule has 0 atom stereocenters. The highest BCUT2D eigenvalue weighted by atomic mass is 32.2. The van der Waals surface area contributed by atoms with Crippen LogP contribution >= 0.6 is 0 Å². The van der Waals surface area contributed by atoms with Crippen molar-refractivity contribution in [2.75, 3.05) is 0 Å². The lowest BCUT2D eigenvalue weighted by molar-refractivity contribution is -0.385. The topological polar surface area (TPSA) is 101 Å². The van der Waals surface area contributed by atoms with E-state index in [0.717, 1.165) is 6.07 Å². The molecule has 7 heteroatoms. The summed E-state index contributed by atoms with van der Waals surface area (Å²) in [7, 11) is -2.78. The maximum Gasteiger partial charge on any atom is 0.278 e. The van der Waals surface area contributed by atoms with Crippen molar-refractivity contribution in [3.63, 3.8) is 0 Å². The molecule has 0 saturated heterocycles. The Bertz CT molecular complexity index is 575. The fourth-order valence-corrected chi connectivity index (χ4v) is 1.44. The maximum absolute atomic E-state index is 10.6. The van der Waals surface area contributed by atoms with E-state index in [9.17, 15) is 18.5 Å². The van der Waals surface area contributed by atoms with E-state index < -0.39 is 25.8 Å². The van der Waals surface area contributed by atoms with Crippen LogP contribution in [0.2, 0.25) is 0 Å². The third-order valence-corrected chi connectivity index (χ3v) is 2.26. The minimum atomic E-state index is -2.78. The summed E-state index contributed by atoms with van der Waals surface area (Å²) in [5.41, 5.74) is -0.600. The van der Waals surface area contributed by atoms with Gasteiger partial charge in [0.1, 0.15) is 6.07 Å². The number of benzene rings is 1. The number of nitriles is 1. The summed E-state index contributed by atoms with van der Waals surface area (Å²) in [5, 5.41) is 19.1. The summed E-state index contributed by atoms with van der Waals surface area (Å²) >= 11 is 0. The molecule has 0 aromatic heterocycles. The molecule has 6 nitrogen and oxygen atoms in total. The average Bonchev–Trinajstić information content (AvgIpc) is 2.18. The lowest BCUT2D eigenvalue weighted by Crippen LogP contribution is -2.03. The Labute approximate surface area is 86.1 Å². The largest absolute Gasteiger partial charge is 0.278 e. The van der Waals surface area contributed by atoms with Crippen LogP contribution in [0.3, 0.4) is 0 Å². The van der Waals surface area contributed by atoms with Gasteiger partial charge in [0.25, 0.3) is 5.69 Å². The molecule has 0 amide bonds. The van der Waals surface area contributed by atoms with Crippen molar-refractivity contribution in [2.45, 2.75) is 0 Å². The van der Waals surface area contributed by atoms with Crippen molar-refractivity contribution in [3.05, 3.63) is 39.9 Å². The van der Waals surface area contributed by atoms with Crippen LogP contribution in [-0.4, -0.2) is 18.2 Å². The quantitative estimate of drug-likeness (QED) is 0.315. The van der Waals surface area contributed by atoms with Crippen LogP contribution < -0.4 is 0 Å². The third kappa shape index (κ3) is 2.18. The summed E-state index contributed by atoms with van der Waals surface area (Å²) in [6.45, 7) is 0. The van der Waals surface area contributed by atoms with Gasteiger partial charge >= 0.3 is 0 Å². The van der Waals surface area contributed by atoms with E-state index in [-0.39, 0.29) is 5.56 Å². The Morgan fingerprint density at radius 3 is 2.47 bits per heavy atom. The number of hydrogen-bond acceptors (Lipinski definition) is 5. The van der Waals surface area contributed by atoms with Crippen molar-refractivity contribution in [2.24, 2.45) is 0 Å². The van der Waals surface area contributed by atoms with Crippen molar-refractivity contribution >= 4 is 20.8 Å². The zero-order chi connectivity index (χ0) is 11.4. The first-order valence-corrected chi connectivity index (χ1v) is 4.75. The van der Waals surface area contributed by atoms with Crippen LogP contribution in [0.1, 0.15) is 5.56 Å². The first-order valence-electron chi connectivity index (χ1n) is 3.68. The molecule has 1 rings (SSSR count). The van der Waals surface area contributed by atoms with Gasteiger partial charge in [-0.3, -0.25) is 10.1 Å². The van der Waals surface area contributed by atoms with Crippen LogP contribution in [-0.2, 0) is 10.3 Å². The van der Waals surface area contributed by atoms with Gasteiger partial charge in [0.15, 0.2) is 4.86 Å². The van der Waals surface area contributed by atoms with Gasteiger partial charge in [-0.25, -0.2) is 0 Å². The third-order valence-electron chi connectivity index (χ3n) is 1.61. The molecule has 0 radical (unpaired) electrons. The van der Waals surface area contributed by atoms with Gasteiger partial charge < -0.3 is 0 Å². The summed E-state index contributed by atoms with van der Waals surface area (Å²) in [4.78, 5) is 9.17. The number of hydrogen-bond donors (Lipinski definition) is 0. The summed E-state index contributed by atoms with van der Waals surface area (Å²) in [6.07, 6.45) is 0. The highest BCUT2D eigenvalue weighted by Crippen LogP contribution is 2.17. The van der Waals surface area contributed by atoms with E-state index >= 15 is 0 Å². The van der Waals surface area contributed by atoms with Gasteiger partial charge in [-0.2, -0.15) is 13.7 Å². The Kier molecular flexibility index (Phi) is 3.15. The molecule has 15 heavy (non-hydrogen) atoms. The molecule has 0 bridgehead atoms. The molecule has 1 aromatic rings. The molecule has 0 unspecified atom stereocenters. The molecular weight excluding hydrogens is 220 g/mol. The monoisotopic (exact) mass is 224 g/mol. The lowest BCUT2D eigenvalue weighted by atomic mass is 10.1. The maximum atomic E-state index is 10.6. The number of nitro groups is 1. The SMILES string of the molecule is N#CC(c1ccccc1[N+](=O)[O-])=S(=O)=O. The number of nitro benzene ring substituents is 1. The molecule has 0 fully saturated rings. The number of para-hydroxylation sites is 1. The lowest BCUT2D eigenvalue weighted by Gasteiger charge is -1.96. The van der Waals surface area contributed by atoms with Crippen LogP contribution in [0.5, 0.6) is 0 Å². The minimum Gasteiger partial charge on any atom is -0.258 e. The average molecular weight is 224 g/mol. The molecule has 0 aliphatic heterocycles. The fourth-order valence-electron chi connectivity index (χ4n) is 1.01. The first kappa shape index (κ1) is 10.9. The Morgan fingerprint density at radius 1 is 1.40 bits per heavy atom. The van der Waals surface area contributed by atoms with Crippen molar-refractivity contribution in [1.82, 2.24) is 0 Å². The van der Waals surface area contributed by atoms with Crippen LogP contribution in [0, 0.1) is 21.4 Å². The van der Waals surface area contributed by atoms with Crippen LogP contribution in [0.25, 0.3) is 0 Å². The Morgan fingerprint density at radius 2 is 2.00 bits per heavy atom. The zero-order valence-corrected chi connectivity index (χ0v) is 8.06. The zero-order valence-electron chi connectivity index (χ0n) is 7.25. The van der Waals surface area contributed by atoms with Crippen molar-refractivity contribution < 1.29 is 13.3 Å². The standard InChI is InChI=1S/C8H4N2O4S/c9-5-8(15(13)14)6-3-1-2-4-7(6)10(11)12/h1-4H. The smallest absolute Gasteiger partial charge is 0.258 e. The molecule has 0 aliphatic carbocycles. The first-order chi connectivity index (χ1) is 7.07. The number of rotatable bonds is 2. The molecule has 0 saturated carbocycles. The molecule has 0 heterocycles. The fraction of sp³-hybridized carbons (Fsp3) is 0. The van der Waals surface area contributed by atoms with E-state index in [2.05, 4.69) is 0 Å². The van der Waals surface area contributed by atoms with Gasteiger partial charge in [-0.15, -0.1) is 0 Å². The van der Waals surface area contributed by atoms with Gasteiger partial charge in [0.2, 0.25) is 10.3 Å². The second-order valence-electron chi connectivity index (χ2n) is 2.45. The highest BCUT2D eigenvalue weighted by Gasteiger charge is 2.18. The Balaban J connectivity index is 3.60. The van der Waals surface area contributed by atoms with Gasteiger partial charge in [0, 0.05) is 6.07 Å². The highest BCUT2D eigenvalue weighted by molar-refractivity contribution is 7.74. The van der Waals surface area contributed by atoms with E-state index in [1.807, 2.05) is 0 Å². The van der Waals surface area contributed by atoms with E-state index in [4.69, 9.17) is 5.26 Å².